The number of thiophene rings is 1. The summed E-state index contributed by atoms with van der Waals surface area (Å²) >= 11 is 1.33. The van der Waals surface area contributed by atoms with Gasteiger partial charge in [-0.25, -0.2) is 5.43 Å². The molecule has 7 heteroatoms. The molecule has 0 saturated carbocycles. The molecular weight excluding hydrogens is 229 g/mol. The average molecular weight is 236 g/mol. The minimum Gasteiger partial charge on any atom is -0.263 e. The molecule has 1 N–H and O–H groups in total. The minimum absolute atomic E-state index is 0.336. The zero-order valence-corrected chi connectivity index (χ0v) is 8.45. The number of alkyl halides is 3. The third kappa shape index (κ3) is 3.35. The third-order valence-corrected chi connectivity index (χ3v) is 2.44. The number of nitrogens with one attached hydrogen (secondary N) is 1. The number of rotatable bonds is 2. The molecule has 1 heterocycles. The summed E-state index contributed by atoms with van der Waals surface area (Å²) in [5.41, 5.74) is 1.78. The van der Waals surface area contributed by atoms with Gasteiger partial charge in [-0.2, -0.15) is 18.3 Å². The van der Waals surface area contributed by atoms with E-state index in [-0.39, 0.29) is 0 Å². The molecule has 0 aliphatic rings. The standard InChI is InChI=1S/C8H7F3N2OS/c1-5(6-3-2-4-15-6)12-13-7(14)8(9,10)11/h2-4H,1H3,(H,13,14). The topological polar surface area (TPSA) is 41.5 Å². The molecule has 0 fully saturated rings. The second-order valence-electron chi connectivity index (χ2n) is 2.61. The van der Waals surface area contributed by atoms with Gasteiger partial charge in [0.15, 0.2) is 0 Å². The summed E-state index contributed by atoms with van der Waals surface area (Å²) in [6.45, 7) is 1.52. The molecule has 1 amide bonds. The number of hydrogen-bond acceptors (Lipinski definition) is 3. The van der Waals surface area contributed by atoms with Gasteiger partial charge in [-0.1, -0.05) is 6.07 Å². The fourth-order valence-corrected chi connectivity index (χ4v) is 1.41. The van der Waals surface area contributed by atoms with Crippen LogP contribution in [0.3, 0.4) is 0 Å². The first-order valence-electron chi connectivity index (χ1n) is 3.86. The van der Waals surface area contributed by atoms with Crippen LogP contribution >= 0.6 is 11.3 Å². The Balaban J connectivity index is 2.63. The van der Waals surface area contributed by atoms with Crippen LogP contribution in [0.5, 0.6) is 0 Å². The van der Waals surface area contributed by atoms with Gasteiger partial charge < -0.3 is 0 Å². The largest absolute Gasteiger partial charge is 0.473 e. The Hall–Kier alpha value is -1.37. The first-order valence-corrected chi connectivity index (χ1v) is 4.74. The van der Waals surface area contributed by atoms with E-state index in [9.17, 15) is 18.0 Å². The van der Waals surface area contributed by atoms with E-state index in [0.29, 0.717) is 10.6 Å². The smallest absolute Gasteiger partial charge is 0.263 e. The van der Waals surface area contributed by atoms with Crippen molar-refractivity contribution in [3.8, 4) is 0 Å². The van der Waals surface area contributed by atoms with Gasteiger partial charge in [0.05, 0.1) is 5.71 Å². The van der Waals surface area contributed by atoms with E-state index in [0.717, 1.165) is 0 Å². The lowest BCUT2D eigenvalue weighted by atomic mass is 10.3. The Morgan fingerprint density at radius 2 is 2.20 bits per heavy atom. The van der Waals surface area contributed by atoms with Crippen molar-refractivity contribution in [2.75, 3.05) is 0 Å². The normalized spacial score (nSPS) is 12.7. The van der Waals surface area contributed by atoms with Crippen molar-refractivity contribution in [3.63, 3.8) is 0 Å². The summed E-state index contributed by atoms with van der Waals surface area (Å²) in [6.07, 6.45) is -4.90. The quantitative estimate of drug-likeness (QED) is 0.620. The molecule has 1 rings (SSSR count). The van der Waals surface area contributed by atoms with Gasteiger partial charge in [-0.05, 0) is 18.4 Å². The van der Waals surface area contributed by atoms with E-state index in [1.807, 2.05) is 0 Å². The maximum atomic E-state index is 11.8. The Kier molecular flexibility index (Phi) is 3.46. The van der Waals surface area contributed by atoms with E-state index in [1.165, 1.54) is 23.7 Å². The van der Waals surface area contributed by atoms with Crippen LogP contribution in [0.2, 0.25) is 0 Å². The van der Waals surface area contributed by atoms with Gasteiger partial charge >= 0.3 is 12.1 Å². The number of amides is 1. The lowest BCUT2D eigenvalue weighted by Crippen LogP contribution is -2.34. The third-order valence-electron chi connectivity index (χ3n) is 1.46. The summed E-state index contributed by atoms with van der Waals surface area (Å²) in [5.74, 6) is -2.07. The zero-order valence-electron chi connectivity index (χ0n) is 7.63. The van der Waals surface area contributed by atoms with Gasteiger partial charge in [0.1, 0.15) is 0 Å². The van der Waals surface area contributed by atoms with Crippen molar-refractivity contribution >= 4 is 23.0 Å². The Bertz CT molecular complexity index is 370. The molecule has 0 aliphatic heterocycles. The number of hydrazone groups is 1. The number of halogens is 3. The van der Waals surface area contributed by atoms with Crippen LogP contribution in [0.4, 0.5) is 13.2 Å². The fourth-order valence-electron chi connectivity index (χ4n) is 0.738. The van der Waals surface area contributed by atoms with Crippen molar-refractivity contribution in [3.05, 3.63) is 22.4 Å². The highest BCUT2D eigenvalue weighted by molar-refractivity contribution is 7.12. The van der Waals surface area contributed by atoms with Gasteiger partial charge in [0.2, 0.25) is 0 Å². The summed E-state index contributed by atoms with van der Waals surface area (Å²) in [5, 5.41) is 5.10. The lowest BCUT2D eigenvalue weighted by Gasteiger charge is -2.03. The average Bonchev–Trinajstić information content (AvgIpc) is 2.64. The predicted molar refractivity (Wildman–Crippen MR) is 50.7 cm³/mol. The van der Waals surface area contributed by atoms with Crippen molar-refractivity contribution in [2.24, 2.45) is 5.10 Å². The van der Waals surface area contributed by atoms with Crippen LogP contribution in [-0.2, 0) is 4.79 Å². The summed E-state index contributed by atoms with van der Waals surface area (Å²) in [6, 6.07) is 3.44. The van der Waals surface area contributed by atoms with Gasteiger partial charge in [-0.15, -0.1) is 11.3 Å². The van der Waals surface area contributed by atoms with Crippen LogP contribution in [-0.4, -0.2) is 17.8 Å². The monoisotopic (exact) mass is 236 g/mol. The number of nitrogens with zero attached hydrogens (tertiary/aromatic N) is 1. The Morgan fingerprint density at radius 3 is 2.67 bits per heavy atom. The molecule has 1 aromatic heterocycles. The fraction of sp³-hybridized carbons (Fsp3) is 0.250. The highest BCUT2D eigenvalue weighted by Crippen LogP contribution is 2.14. The van der Waals surface area contributed by atoms with Gasteiger partial charge in [0, 0.05) is 4.88 Å². The maximum absolute atomic E-state index is 11.8. The van der Waals surface area contributed by atoms with Crippen LogP contribution in [0.1, 0.15) is 11.8 Å². The summed E-state index contributed by atoms with van der Waals surface area (Å²) in [7, 11) is 0. The minimum atomic E-state index is -4.90. The van der Waals surface area contributed by atoms with Crippen LogP contribution < -0.4 is 5.43 Å². The SMILES string of the molecule is CC(=NNC(=O)C(F)(F)F)c1cccs1. The Labute approximate surface area is 87.6 Å². The first kappa shape index (κ1) is 11.7. The molecule has 1 aromatic rings. The molecule has 3 nitrogen and oxygen atoms in total. The van der Waals surface area contributed by atoms with Crippen LogP contribution in [0, 0.1) is 0 Å². The number of carbonyl (C=O) groups excluding carboxylic acids is 1. The van der Waals surface area contributed by atoms with E-state index in [4.69, 9.17) is 0 Å². The molecular formula is C8H7F3N2OS. The van der Waals surface area contributed by atoms with Gasteiger partial charge in [0.25, 0.3) is 0 Å². The maximum Gasteiger partial charge on any atom is 0.473 e. The van der Waals surface area contributed by atoms with Crippen molar-refractivity contribution < 1.29 is 18.0 Å². The van der Waals surface area contributed by atoms with Crippen molar-refractivity contribution in [1.82, 2.24) is 5.43 Å². The van der Waals surface area contributed by atoms with E-state index < -0.39 is 12.1 Å². The second-order valence-corrected chi connectivity index (χ2v) is 3.56. The van der Waals surface area contributed by atoms with Gasteiger partial charge in [-0.3, -0.25) is 4.79 Å². The zero-order chi connectivity index (χ0) is 11.5. The first-order chi connectivity index (χ1) is 6.91. The van der Waals surface area contributed by atoms with Crippen LogP contribution in [0.25, 0.3) is 0 Å². The van der Waals surface area contributed by atoms with E-state index in [1.54, 1.807) is 17.5 Å². The number of carbonyl (C=O) groups is 1. The van der Waals surface area contributed by atoms with E-state index in [2.05, 4.69) is 5.10 Å². The Morgan fingerprint density at radius 1 is 1.53 bits per heavy atom. The summed E-state index contributed by atoms with van der Waals surface area (Å²) < 4.78 is 35.3. The molecule has 82 valence electrons. The highest BCUT2D eigenvalue weighted by Gasteiger charge is 2.38. The predicted octanol–water partition coefficient (Wildman–Crippen LogP) is 2.15. The molecule has 0 unspecified atom stereocenters. The molecule has 0 atom stereocenters. The molecule has 15 heavy (non-hydrogen) atoms. The second kappa shape index (κ2) is 4.43. The van der Waals surface area contributed by atoms with Crippen molar-refractivity contribution in [2.45, 2.75) is 13.1 Å². The molecule has 0 spiro atoms. The molecule has 0 bridgehead atoms. The van der Waals surface area contributed by atoms with E-state index >= 15 is 0 Å². The lowest BCUT2D eigenvalue weighted by molar-refractivity contribution is -0.173. The molecule has 0 radical (unpaired) electrons. The number of hydrogen-bond donors (Lipinski definition) is 1. The highest BCUT2D eigenvalue weighted by atomic mass is 32.1. The van der Waals surface area contributed by atoms with Crippen molar-refractivity contribution in [1.29, 1.82) is 0 Å². The molecule has 0 saturated heterocycles. The summed E-state index contributed by atoms with van der Waals surface area (Å²) in [4.78, 5) is 11.1. The van der Waals surface area contributed by atoms with Crippen LogP contribution in [0.15, 0.2) is 22.6 Å². The molecule has 0 aromatic carbocycles. The molecule has 0 aliphatic carbocycles.